The van der Waals surface area contributed by atoms with Gasteiger partial charge in [-0.15, -0.1) is 11.3 Å². The lowest BCUT2D eigenvalue weighted by Gasteiger charge is -2.22. The number of para-hydroxylation sites is 1. The van der Waals surface area contributed by atoms with Crippen molar-refractivity contribution >= 4 is 27.0 Å². The molecule has 1 unspecified atom stereocenters. The van der Waals surface area contributed by atoms with Gasteiger partial charge in [0.15, 0.2) is 4.90 Å². The van der Waals surface area contributed by atoms with E-state index in [1.165, 1.54) is 30.4 Å². The fourth-order valence-corrected chi connectivity index (χ4v) is 3.91. The van der Waals surface area contributed by atoms with Crippen LogP contribution in [0.1, 0.15) is 11.8 Å². The van der Waals surface area contributed by atoms with E-state index in [-0.39, 0.29) is 6.54 Å². The minimum absolute atomic E-state index is 0.290. The molecule has 0 spiro atoms. The second kappa shape index (κ2) is 6.13. The standard InChI is InChI=1S/C13H14N2O5S2/c1-13(16,12-7-4-8-21-12)9-14-22(19,20)11-6-3-2-5-10(11)15(17)18/h2-8,14,16H,9H2,1H3. The van der Waals surface area contributed by atoms with Crippen LogP contribution in [-0.2, 0) is 15.6 Å². The highest BCUT2D eigenvalue weighted by atomic mass is 32.2. The molecule has 1 aromatic heterocycles. The Morgan fingerprint density at radius 3 is 2.59 bits per heavy atom. The van der Waals surface area contributed by atoms with Crippen LogP contribution in [0.4, 0.5) is 5.69 Å². The summed E-state index contributed by atoms with van der Waals surface area (Å²) < 4.78 is 26.7. The zero-order valence-electron chi connectivity index (χ0n) is 11.6. The molecular weight excluding hydrogens is 328 g/mol. The highest BCUT2D eigenvalue weighted by molar-refractivity contribution is 7.89. The summed E-state index contributed by atoms with van der Waals surface area (Å²) >= 11 is 1.29. The van der Waals surface area contributed by atoms with Crippen LogP contribution in [0.3, 0.4) is 0 Å². The van der Waals surface area contributed by atoms with Gasteiger partial charge in [0.25, 0.3) is 5.69 Å². The molecule has 22 heavy (non-hydrogen) atoms. The van der Waals surface area contributed by atoms with Crippen LogP contribution in [0.15, 0.2) is 46.7 Å². The van der Waals surface area contributed by atoms with Crippen LogP contribution >= 0.6 is 11.3 Å². The van der Waals surface area contributed by atoms with Crippen molar-refractivity contribution in [3.8, 4) is 0 Å². The normalized spacial score (nSPS) is 14.5. The summed E-state index contributed by atoms with van der Waals surface area (Å²) in [6, 6.07) is 8.49. The summed E-state index contributed by atoms with van der Waals surface area (Å²) in [7, 11) is -4.11. The first kappa shape index (κ1) is 16.6. The number of hydrogen-bond donors (Lipinski definition) is 2. The second-order valence-electron chi connectivity index (χ2n) is 4.80. The SMILES string of the molecule is CC(O)(CNS(=O)(=O)c1ccccc1[N+](=O)[O-])c1cccs1. The van der Waals surface area contributed by atoms with Crippen LogP contribution in [0.5, 0.6) is 0 Å². The number of hydrogen-bond acceptors (Lipinski definition) is 6. The molecule has 2 aromatic rings. The number of sulfonamides is 1. The predicted molar refractivity (Wildman–Crippen MR) is 82.2 cm³/mol. The van der Waals surface area contributed by atoms with Crippen molar-refractivity contribution < 1.29 is 18.4 Å². The number of nitrogens with zero attached hydrogens (tertiary/aromatic N) is 1. The number of rotatable bonds is 6. The minimum atomic E-state index is -4.11. The van der Waals surface area contributed by atoms with E-state index in [4.69, 9.17) is 0 Å². The highest BCUT2D eigenvalue weighted by Gasteiger charge is 2.30. The molecule has 0 bridgehead atoms. The summed E-state index contributed by atoms with van der Waals surface area (Å²) in [5.41, 5.74) is -1.91. The first-order chi connectivity index (χ1) is 10.2. The maximum Gasteiger partial charge on any atom is 0.289 e. The number of thiophene rings is 1. The van der Waals surface area contributed by atoms with Crippen LogP contribution in [-0.4, -0.2) is 25.0 Å². The van der Waals surface area contributed by atoms with E-state index in [0.29, 0.717) is 4.88 Å². The van der Waals surface area contributed by atoms with Gasteiger partial charge in [-0.3, -0.25) is 10.1 Å². The molecule has 0 aliphatic carbocycles. The minimum Gasteiger partial charge on any atom is -0.383 e. The number of benzene rings is 1. The number of aliphatic hydroxyl groups is 1. The lowest BCUT2D eigenvalue weighted by atomic mass is 10.1. The van der Waals surface area contributed by atoms with Crippen LogP contribution in [0.2, 0.25) is 0 Å². The average molecular weight is 342 g/mol. The van der Waals surface area contributed by atoms with Crippen LogP contribution in [0.25, 0.3) is 0 Å². The molecule has 2 N–H and O–H groups in total. The van der Waals surface area contributed by atoms with E-state index in [9.17, 15) is 23.6 Å². The maximum atomic E-state index is 12.3. The Morgan fingerprint density at radius 1 is 1.32 bits per heavy atom. The quantitative estimate of drug-likeness (QED) is 0.615. The van der Waals surface area contributed by atoms with Gasteiger partial charge in [0.2, 0.25) is 10.0 Å². The van der Waals surface area contributed by atoms with Crippen LogP contribution in [0, 0.1) is 10.1 Å². The third-order valence-electron chi connectivity index (χ3n) is 3.01. The van der Waals surface area contributed by atoms with Crippen molar-refractivity contribution in [3.63, 3.8) is 0 Å². The molecule has 1 heterocycles. The van der Waals surface area contributed by atoms with Gasteiger partial charge < -0.3 is 5.11 Å². The van der Waals surface area contributed by atoms with Gasteiger partial charge in [-0.25, -0.2) is 13.1 Å². The van der Waals surface area contributed by atoms with Gasteiger partial charge in [0.1, 0.15) is 5.60 Å². The van der Waals surface area contributed by atoms with Crippen molar-refractivity contribution in [1.29, 1.82) is 0 Å². The van der Waals surface area contributed by atoms with Gasteiger partial charge in [0.05, 0.1) is 4.92 Å². The molecule has 2 rings (SSSR count). The average Bonchev–Trinajstić information content (AvgIpc) is 3.00. The van der Waals surface area contributed by atoms with Gasteiger partial charge in [-0.05, 0) is 24.4 Å². The van der Waals surface area contributed by atoms with E-state index in [1.54, 1.807) is 17.5 Å². The summed E-state index contributed by atoms with van der Waals surface area (Å²) in [5.74, 6) is 0. The maximum absolute atomic E-state index is 12.3. The molecule has 1 atom stereocenters. The Morgan fingerprint density at radius 2 is 2.00 bits per heavy atom. The Kier molecular flexibility index (Phi) is 4.61. The van der Waals surface area contributed by atoms with Crippen LogP contribution < -0.4 is 4.72 Å². The van der Waals surface area contributed by atoms with Crippen molar-refractivity contribution in [1.82, 2.24) is 4.72 Å². The van der Waals surface area contributed by atoms with Crippen molar-refractivity contribution in [2.24, 2.45) is 0 Å². The summed E-state index contributed by atoms with van der Waals surface area (Å²) in [6.45, 7) is 1.18. The second-order valence-corrected chi connectivity index (χ2v) is 7.48. The van der Waals surface area contributed by atoms with Crippen molar-refractivity contribution in [2.45, 2.75) is 17.4 Å². The van der Waals surface area contributed by atoms with Gasteiger partial charge in [-0.2, -0.15) is 0 Å². The Hall–Kier alpha value is -1.81. The zero-order chi connectivity index (χ0) is 16.4. The van der Waals surface area contributed by atoms with Gasteiger partial charge in [0, 0.05) is 17.5 Å². The van der Waals surface area contributed by atoms with E-state index < -0.39 is 31.1 Å². The van der Waals surface area contributed by atoms with Gasteiger partial charge >= 0.3 is 0 Å². The molecule has 0 aliphatic rings. The third kappa shape index (κ3) is 3.50. The fourth-order valence-electron chi connectivity index (χ4n) is 1.82. The summed E-state index contributed by atoms with van der Waals surface area (Å²) in [5, 5.41) is 23.0. The lowest BCUT2D eigenvalue weighted by molar-refractivity contribution is -0.387. The van der Waals surface area contributed by atoms with Crippen molar-refractivity contribution in [2.75, 3.05) is 6.54 Å². The highest BCUT2D eigenvalue weighted by Crippen LogP contribution is 2.26. The van der Waals surface area contributed by atoms with Crippen molar-refractivity contribution in [3.05, 3.63) is 56.8 Å². The van der Waals surface area contributed by atoms with E-state index in [1.807, 2.05) is 0 Å². The molecular formula is C13H14N2O5S2. The van der Waals surface area contributed by atoms with Gasteiger partial charge in [-0.1, -0.05) is 18.2 Å². The van der Waals surface area contributed by atoms with E-state index >= 15 is 0 Å². The monoisotopic (exact) mass is 342 g/mol. The zero-order valence-corrected chi connectivity index (χ0v) is 13.2. The van der Waals surface area contributed by atoms with E-state index in [0.717, 1.165) is 12.1 Å². The third-order valence-corrected chi connectivity index (χ3v) is 5.58. The predicted octanol–water partition coefficient (Wildman–Crippen LogP) is 1.84. The Bertz CT molecular complexity index is 769. The molecule has 0 radical (unpaired) electrons. The summed E-state index contributed by atoms with van der Waals surface area (Å²) in [4.78, 5) is 10.3. The molecule has 0 saturated heterocycles. The number of nitrogens with one attached hydrogen (secondary N) is 1. The Balaban J connectivity index is 2.24. The molecule has 0 saturated carbocycles. The molecule has 1 aromatic carbocycles. The molecule has 0 amide bonds. The topological polar surface area (TPSA) is 110 Å². The largest absolute Gasteiger partial charge is 0.383 e. The first-order valence-corrected chi connectivity index (χ1v) is 8.60. The molecule has 7 nitrogen and oxygen atoms in total. The number of nitro benzene ring substituents is 1. The first-order valence-electron chi connectivity index (χ1n) is 6.23. The molecule has 118 valence electrons. The Labute approximate surface area is 131 Å². The summed E-state index contributed by atoms with van der Waals surface area (Å²) in [6.07, 6.45) is 0. The number of nitro groups is 1. The lowest BCUT2D eigenvalue weighted by Crippen LogP contribution is -2.38. The van der Waals surface area contributed by atoms with E-state index in [2.05, 4.69) is 4.72 Å². The molecule has 0 aliphatic heterocycles. The fraction of sp³-hybridized carbons (Fsp3) is 0.231. The smallest absolute Gasteiger partial charge is 0.289 e. The molecule has 0 fully saturated rings. The molecule has 9 heteroatoms.